The normalized spacial score (nSPS) is 18.3. The molecule has 3 rings (SSSR count). The van der Waals surface area contributed by atoms with Crippen LogP contribution >= 0.6 is 12.6 Å². The predicted molar refractivity (Wildman–Crippen MR) is 146 cm³/mol. The number of hydrogen-bond donors (Lipinski definition) is 3. The van der Waals surface area contributed by atoms with Gasteiger partial charge in [-0.2, -0.15) is 5.10 Å². The zero-order valence-electron chi connectivity index (χ0n) is 20.8. The molecule has 2 aromatic heterocycles. The van der Waals surface area contributed by atoms with Crippen LogP contribution in [0.1, 0.15) is 51.3 Å². The standard InChI is InChI=1S/C26H37N7S/c1-7-9-23(29-20(4)34)28-14-8-10-21-16-26(5,6)32(17-21)25-22(19(3)27)11-12-24(30-25)33-15-13-18(2)31-33/h7,9,11-13,15,21,28H,1,3,8,10,14,16-17,27H2,2,4-6H3,(H,29,34)/b23-9-. The van der Waals surface area contributed by atoms with E-state index in [1.807, 2.05) is 44.3 Å². The van der Waals surface area contributed by atoms with E-state index in [0.717, 1.165) is 61.1 Å². The number of nitrogens with one attached hydrogen (secondary N) is 1. The minimum absolute atomic E-state index is 0.0463. The average Bonchev–Trinajstić information content (AvgIpc) is 3.32. The van der Waals surface area contributed by atoms with Gasteiger partial charge in [-0.1, -0.05) is 19.2 Å². The number of nitrogens with zero attached hydrogens (tertiary/aromatic N) is 5. The molecule has 1 aliphatic heterocycles. The number of nitrogens with two attached hydrogens (primary N) is 1. The molecule has 0 aliphatic carbocycles. The van der Waals surface area contributed by atoms with Crippen molar-refractivity contribution < 1.29 is 0 Å². The number of hydrogen-bond acceptors (Lipinski definition) is 6. The van der Waals surface area contributed by atoms with E-state index >= 15 is 0 Å². The maximum absolute atomic E-state index is 6.16. The second-order valence-electron chi connectivity index (χ2n) is 9.48. The highest BCUT2D eigenvalue weighted by atomic mass is 32.1. The molecule has 0 saturated carbocycles. The van der Waals surface area contributed by atoms with Crippen molar-refractivity contribution in [1.82, 2.24) is 20.1 Å². The Labute approximate surface area is 209 Å². The largest absolute Gasteiger partial charge is 0.399 e. The lowest BCUT2D eigenvalue weighted by Gasteiger charge is -2.34. The van der Waals surface area contributed by atoms with Gasteiger partial charge >= 0.3 is 0 Å². The highest BCUT2D eigenvalue weighted by Crippen LogP contribution is 2.40. The van der Waals surface area contributed by atoms with Gasteiger partial charge in [0.2, 0.25) is 0 Å². The van der Waals surface area contributed by atoms with E-state index in [-0.39, 0.29) is 5.54 Å². The van der Waals surface area contributed by atoms with Crippen LogP contribution in [0.2, 0.25) is 0 Å². The smallest absolute Gasteiger partial charge is 0.155 e. The third-order valence-corrected chi connectivity index (χ3v) is 6.13. The summed E-state index contributed by atoms with van der Waals surface area (Å²) in [5.74, 6) is 2.99. The predicted octanol–water partition coefficient (Wildman–Crippen LogP) is 4.86. The second-order valence-corrected chi connectivity index (χ2v) is 10.1. The highest BCUT2D eigenvalue weighted by molar-refractivity contribution is 7.96. The number of thiol groups is 1. The van der Waals surface area contributed by atoms with Crippen LogP contribution in [0, 0.1) is 12.8 Å². The molecule has 0 bridgehead atoms. The molecule has 1 atom stereocenters. The van der Waals surface area contributed by atoms with E-state index in [1.54, 1.807) is 10.8 Å². The molecular formula is C26H37N7S. The first-order chi connectivity index (χ1) is 16.1. The van der Waals surface area contributed by atoms with Gasteiger partial charge in [0.1, 0.15) is 11.6 Å². The minimum Gasteiger partial charge on any atom is -0.399 e. The summed E-state index contributed by atoms with van der Waals surface area (Å²) in [6.07, 6.45) is 8.75. The Bertz CT molecular complexity index is 1090. The van der Waals surface area contributed by atoms with Crippen molar-refractivity contribution in [2.24, 2.45) is 16.6 Å². The molecule has 0 aromatic carbocycles. The summed E-state index contributed by atoms with van der Waals surface area (Å²) in [6, 6.07) is 5.92. The number of pyridine rings is 1. The summed E-state index contributed by atoms with van der Waals surface area (Å²) in [6.45, 7) is 17.9. The summed E-state index contributed by atoms with van der Waals surface area (Å²) in [5, 5.41) is 8.61. The monoisotopic (exact) mass is 479 g/mol. The molecular weight excluding hydrogens is 442 g/mol. The third kappa shape index (κ3) is 6.32. The molecule has 7 nitrogen and oxygen atoms in total. The molecule has 1 saturated heterocycles. The van der Waals surface area contributed by atoms with Crippen molar-refractivity contribution in [3.05, 3.63) is 66.8 Å². The highest BCUT2D eigenvalue weighted by Gasteiger charge is 2.39. The van der Waals surface area contributed by atoms with Gasteiger partial charge < -0.3 is 16.0 Å². The first kappa shape index (κ1) is 25.6. The van der Waals surface area contributed by atoms with Gasteiger partial charge in [0.25, 0.3) is 0 Å². The first-order valence-electron chi connectivity index (χ1n) is 11.7. The summed E-state index contributed by atoms with van der Waals surface area (Å²) < 4.78 is 1.80. The van der Waals surface area contributed by atoms with E-state index in [4.69, 9.17) is 10.7 Å². The molecule has 0 radical (unpaired) electrons. The van der Waals surface area contributed by atoms with Gasteiger partial charge in [-0.15, -0.1) is 12.6 Å². The maximum atomic E-state index is 6.16. The van der Waals surface area contributed by atoms with Crippen LogP contribution in [0.3, 0.4) is 0 Å². The van der Waals surface area contributed by atoms with Gasteiger partial charge in [-0.25, -0.2) is 14.7 Å². The molecule has 3 N–H and O–H groups in total. The summed E-state index contributed by atoms with van der Waals surface area (Å²) in [5.41, 5.74) is 8.47. The maximum Gasteiger partial charge on any atom is 0.155 e. The Morgan fingerprint density at radius 2 is 2.15 bits per heavy atom. The van der Waals surface area contributed by atoms with Crippen LogP contribution in [-0.2, 0) is 0 Å². The van der Waals surface area contributed by atoms with Crippen molar-refractivity contribution in [3.8, 4) is 5.82 Å². The van der Waals surface area contributed by atoms with Crippen LogP contribution in [0.4, 0.5) is 5.82 Å². The molecule has 1 fully saturated rings. The van der Waals surface area contributed by atoms with E-state index in [0.29, 0.717) is 16.7 Å². The van der Waals surface area contributed by atoms with Crippen LogP contribution in [0.25, 0.3) is 11.5 Å². The zero-order chi connectivity index (χ0) is 24.9. The van der Waals surface area contributed by atoms with Crippen molar-refractivity contribution in [1.29, 1.82) is 0 Å². The summed E-state index contributed by atoms with van der Waals surface area (Å²) in [4.78, 5) is 11.8. The SMILES string of the molecule is C=C/C=C(\N=C(/C)S)NCCCC1CN(c2nc(-n3ccc(C)n3)ccc2C(=C)N)C(C)(C)C1. The number of aliphatic imine (C=N–C) groups is 1. The lowest BCUT2D eigenvalue weighted by atomic mass is 9.93. The molecule has 2 aromatic rings. The minimum atomic E-state index is -0.0463. The number of aromatic nitrogens is 3. The van der Waals surface area contributed by atoms with E-state index in [9.17, 15) is 0 Å². The number of allylic oxidation sites excluding steroid dienone is 2. The zero-order valence-corrected chi connectivity index (χ0v) is 21.6. The Morgan fingerprint density at radius 3 is 2.76 bits per heavy atom. The molecule has 1 unspecified atom stereocenters. The third-order valence-electron chi connectivity index (χ3n) is 6.03. The van der Waals surface area contributed by atoms with Gasteiger partial charge in [-0.3, -0.25) is 0 Å². The molecule has 34 heavy (non-hydrogen) atoms. The Kier molecular flexibility index (Phi) is 8.25. The average molecular weight is 480 g/mol. The number of rotatable bonds is 10. The Morgan fingerprint density at radius 1 is 1.38 bits per heavy atom. The molecule has 1 aliphatic rings. The van der Waals surface area contributed by atoms with Gasteiger partial charge in [0.15, 0.2) is 5.82 Å². The molecule has 0 amide bonds. The van der Waals surface area contributed by atoms with Gasteiger partial charge in [0, 0.05) is 36.1 Å². The summed E-state index contributed by atoms with van der Waals surface area (Å²) in [7, 11) is 0. The topological polar surface area (TPSA) is 84.4 Å². The van der Waals surface area contributed by atoms with Crippen molar-refractivity contribution in [2.45, 2.75) is 52.5 Å². The van der Waals surface area contributed by atoms with Crippen LogP contribution < -0.4 is 16.0 Å². The van der Waals surface area contributed by atoms with Crippen molar-refractivity contribution in [2.75, 3.05) is 18.0 Å². The number of anilines is 1. The fourth-order valence-electron chi connectivity index (χ4n) is 4.55. The summed E-state index contributed by atoms with van der Waals surface area (Å²) >= 11 is 4.27. The molecule has 8 heteroatoms. The fraction of sp³-hybridized carbons (Fsp3) is 0.423. The lowest BCUT2D eigenvalue weighted by molar-refractivity contribution is 0.442. The number of aryl methyl sites for hydroxylation is 1. The second kappa shape index (κ2) is 11.0. The quantitative estimate of drug-likeness (QED) is 0.149. The molecule has 3 heterocycles. The van der Waals surface area contributed by atoms with Crippen molar-refractivity contribution >= 4 is 29.2 Å². The van der Waals surface area contributed by atoms with Crippen LogP contribution in [0.15, 0.2) is 60.5 Å². The van der Waals surface area contributed by atoms with Crippen LogP contribution in [0.5, 0.6) is 0 Å². The van der Waals surface area contributed by atoms with Crippen molar-refractivity contribution in [3.63, 3.8) is 0 Å². The molecule has 182 valence electrons. The van der Waals surface area contributed by atoms with E-state index in [1.165, 1.54) is 0 Å². The van der Waals surface area contributed by atoms with E-state index in [2.05, 4.69) is 59.9 Å². The fourth-order valence-corrected chi connectivity index (χ4v) is 4.65. The lowest BCUT2D eigenvalue weighted by Crippen LogP contribution is -2.39. The Hall–Kier alpha value is -3.00. The van der Waals surface area contributed by atoms with Gasteiger partial charge in [-0.05, 0) is 77.2 Å². The molecule has 0 spiro atoms. The van der Waals surface area contributed by atoms with E-state index < -0.39 is 0 Å². The Balaban J connectivity index is 1.73. The first-order valence-corrected chi connectivity index (χ1v) is 12.1. The van der Waals surface area contributed by atoms with Gasteiger partial charge in [0.05, 0.1) is 10.7 Å². The van der Waals surface area contributed by atoms with Crippen LogP contribution in [-0.4, -0.2) is 38.4 Å².